The number of aliphatic imine (C=N–C) groups is 1. The molecule has 0 radical (unpaired) electrons. The maximum Gasteiger partial charge on any atom is 0.257 e. The van der Waals surface area contributed by atoms with Crippen LogP contribution < -0.4 is 10.6 Å². The fourth-order valence-electron chi connectivity index (χ4n) is 2.84. The number of benzene rings is 1. The SMILES string of the molecule is COCCN=C1NC(=O)C2(CCc3cc(F)ccc32)N1. The zero-order chi connectivity index (χ0) is 14.2. The Balaban J connectivity index is 1.89. The van der Waals surface area contributed by atoms with Gasteiger partial charge in [-0.05, 0) is 36.1 Å². The van der Waals surface area contributed by atoms with Crippen LogP contribution in [0.15, 0.2) is 23.2 Å². The summed E-state index contributed by atoms with van der Waals surface area (Å²) in [5.41, 5.74) is 0.925. The predicted molar refractivity (Wildman–Crippen MR) is 71.9 cm³/mol. The van der Waals surface area contributed by atoms with E-state index in [9.17, 15) is 9.18 Å². The van der Waals surface area contributed by atoms with Gasteiger partial charge < -0.3 is 10.1 Å². The fraction of sp³-hybridized carbons (Fsp3) is 0.429. The van der Waals surface area contributed by atoms with Crippen molar-refractivity contribution in [2.75, 3.05) is 20.3 Å². The summed E-state index contributed by atoms with van der Waals surface area (Å²) >= 11 is 0. The Morgan fingerprint density at radius 3 is 3.15 bits per heavy atom. The lowest BCUT2D eigenvalue weighted by molar-refractivity contribution is -0.124. The molecule has 106 valence electrons. The van der Waals surface area contributed by atoms with E-state index >= 15 is 0 Å². The van der Waals surface area contributed by atoms with E-state index in [1.165, 1.54) is 12.1 Å². The first-order chi connectivity index (χ1) is 9.65. The maximum atomic E-state index is 13.3. The summed E-state index contributed by atoms with van der Waals surface area (Å²) in [6, 6.07) is 4.57. The van der Waals surface area contributed by atoms with Crippen LogP contribution in [0.1, 0.15) is 17.5 Å². The van der Waals surface area contributed by atoms with Crippen molar-refractivity contribution < 1.29 is 13.9 Å². The smallest absolute Gasteiger partial charge is 0.257 e. The van der Waals surface area contributed by atoms with Crippen molar-refractivity contribution in [2.45, 2.75) is 18.4 Å². The van der Waals surface area contributed by atoms with Crippen molar-refractivity contribution in [2.24, 2.45) is 4.99 Å². The number of hydrogen-bond donors (Lipinski definition) is 2. The quantitative estimate of drug-likeness (QED) is 0.799. The Bertz CT molecular complexity index is 588. The maximum absolute atomic E-state index is 13.3. The number of methoxy groups -OCH3 is 1. The number of aryl methyl sites for hydroxylation is 1. The predicted octanol–water partition coefficient (Wildman–Crippen LogP) is 0.689. The van der Waals surface area contributed by atoms with Gasteiger partial charge in [-0.25, -0.2) is 4.39 Å². The molecule has 1 aliphatic heterocycles. The molecule has 3 rings (SSSR count). The van der Waals surface area contributed by atoms with Crippen LogP contribution in [0.4, 0.5) is 4.39 Å². The molecule has 0 saturated carbocycles. The van der Waals surface area contributed by atoms with Gasteiger partial charge in [-0.1, -0.05) is 6.07 Å². The molecule has 1 fully saturated rings. The van der Waals surface area contributed by atoms with Gasteiger partial charge in [0.05, 0.1) is 13.2 Å². The highest BCUT2D eigenvalue weighted by atomic mass is 19.1. The Morgan fingerprint density at radius 2 is 2.35 bits per heavy atom. The highest BCUT2D eigenvalue weighted by Gasteiger charge is 2.50. The highest BCUT2D eigenvalue weighted by molar-refractivity contribution is 6.09. The van der Waals surface area contributed by atoms with Crippen molar-refractivity contribution in [1.29, 1.82) is 0 Å². The summed E-state index contributed by atoms with van der Waals surface area (Å²) in [5, 5.41) is 5.91. The molecule has 1 heterocycles. The van der Waals surface area contributed by atoms with Gasteiger partial charge >= 0.3 is 0 Å². The standard InChI is InChI=1S/C14H16FN3O2/c1-20-7-6-16-13-17-12(19)14(18-13)5-4-9-8-10(15)2-3-11(9)14/h2-3,8H,4-7H2,1H3,(H2,16,17,18,19). The second kappa shape index (κ2) is 4.86. The van der Waals surface area contributed by atoms with E-state index in [1.807, 2.05) is 0 Å². The molecule has 1 spiro atoms. The number of guanidine groups is 1. The molecule has 2 aliphatic rings. The summed E-state index contributed by atoms with van der Waals surface area (Å²) in [6.07, 6.45) is 1.29. The van der Waals surface area contributed by atoms with E-state index in [-0.39, 0.29) is 11.7 Å². The lowest BCUT2D eigenvalue weighted by Gasteiger charge is -2.21. The van der Waals surface area contributed by atoms with Crippen molar-refractivity contribution in [3.63, 3.8) is 0 Å². The van der Waals surface area contributed by atoms with Gasteiger partial charge in [0.2, 0.25) is 0 Å². The van der Waals surface area contributed by atoms with Crippen LogP contribution in [0, 0.1) is 5.82 Å². The number of halogens is 1. The highest BCUT2D eigenvalue weighted by Crippen LogP contribution is 2.39. The molecule has 1 aromatic rings. The number of nitrogens with one attached hydrogen (secondary N) is 2. The molecular weight excluding hydrogens is 261 g/mol. The first-order valence-corrected chi connectivity index (χ1v) is 6.58. The van der Waals surface area contributed by atoms with Crippen LogP contribution in [0.2, 0.25) is 0 Å². The van der Waals surface area contributed by atoms with Crippen molar-refractivity contribution in [3.8, 4) is 0 Å². The molecule has 1 aromatic carbocycles. The van der Waals surface area contributed by atoms with Crippen molar-refractivity contribution in [1.82, 2.24) is 10.6 Å². The minimum absolute atomic E-state index is 0.126. The van der Waals surface area contributed by atoms with Gasteiger partial charge in [-0.3, -0.25) is 15.1 Å². The van der Waals surface area contributed by atoms with Gasteiger partial charge in [0.25, 0.3) is 5.91 Å². The second-order valence-electron chi connectivity index (χ2n) is 5.01. The summed E-state index contributed by atoms with van der Waals surface area (Å²) < 4.78 is 18.2. The summed E-state index contributed by atoms with van der Waals surface area (Å²) in [6.45, 7) is 0.974. The lowest BCUT2D eigenvalue weighted by atomic mass is 9.92. The van der Waals surface area contributed by atoms with E-state index in [4.69, 9.17) is 4.74 Å². The minimum Gasteiger partial charge on any atom is -0.383 e. The molecule has 5 nitrogen and oxygen atoms in total. The number of amides is 1. The number of rotatable bonds is 3. The number of carbonyl (C=O) groups is 1. The number of carbonyl (C=O) groups excluding carboxylic acids is 1. The molecule has 1 atom stereocenters. The van der Waals surface area contributed by atoms with Crippen molar-refractivity contribution >= 4 is 11.9 Å². The Kier molecular flexibility index (Phi) is 3.17. The van der Waals surface area contributed by atoms with Crippen LogP contribution >= 0.6 is 0 Å². The van der Waals surface area contributed by atoms with E-state index < -0.39 is 5.54 Å². The average molecular weight is 277 g/mol. The molecule has 1 aliphatic carbocycles. The molecule has 0 aromatic heterocycles. The van der Waals surface area contributed by atoms with Crippen LogP contribution in [-0.2, 0) is 21.5 Å². The van der Waals surface area contributed by atoms with E-state index in [0.717, 1.165) is 11.1 Å². The third-order valence-corrected chi connectivity index (χ3v) is 3.81. The molecule has 2 N–H and O–H groups in total. The normalized spacial score (nSPS) is 25.9. The molecular formula is C14H16FN3O2. The number of ether oxygens (including phenoxy) is 1. The molecule has 0 bridgehead atoms. The second-order valence-corrected chi connectivity index (χ2v) is 5.01. The topological polar surface area (TPSA) is 62.7 Å². The third-order valence-electron chi connectivity index (χ3n) is 3.81. The van der Waals surface area contributed by atoms with E-state index in [2.05, 4.69) is 15.6 Å². The Hall–Kier alpha value is -1.95. The first kappa shape index (κ1) is 13.1. The third kappa shape index (κ3) is 1.96. The molecule has 1 amide bonds. The molecule has 1 saturated heterocycles. The zero-order valence-electron chi connectivity index (χ0n) is 11.2. The number of nitrogens with zero attached hydrogens (tertiary/aromatic N) is 1. The number of fused-ring (bicyclic) bond motifs is 2. The fourth-order valence-corrected chi connectivity index (χ4v) is 2.84. The van der Waals surface area contributed by atoms with Crippen LogP contribution in [-0.4, -0.2) is 32.1 Å². The summed E-state index contributed by atoms with van der Waals surface area (Å²) in [5.74, 6) is 0.0661. The monoisotopic (exact) mass is 277 g/mol. The van der Waals surface area contributed by atoms with Crippen LogP contribution in [0.25, 0.3) is 0 Å². The first-order valence-electron chi connectivity index (χ1n) is 6.58. The zero-order valence-corrected chi connectivity index (χ0v) is 11.2. The van der Waals surface area contributed by atoms with Crippen LogP contribution in [0.5, 0.6) is 0 Å². The van der Waals surface area contributed by atoms with Gasteiger partial charge in [0.1, 0.15) is 11.4 Å². The Labute approximate surface area is 116 Å². The Morgan fingerprint density at radius 1 is 1.50 bits per heavy atom. The van der Waals surface area contributed by atoms with Crippen LogP contribution in [0.3, 0.4) is 0 Å². The summed E-state index contributed by atoms with van der Waals surface area (Å²) in [7, 11) is 1.60. The van der Waals surface area contributed by atoms with Gasteiger partial charge in [-0.2, -0.15) is 0 Å². The average Bonchev–Trinajstić information content (AvgIpc) is 2.93. The van der Waals surface area contributed by atoms with Crippen molar-refractivity contribution in [3.05, 3.63) is 35.1 Å². The van der Waals surface area contributed by atoms with Gasteiger partial charge in [0, 0.05) is 7.11 Å². The van der Waals surface area contributed by atoms with Gasteiger partial charge in [-0.15, -0.1) is 0 Å². The number of hydrogen-bond acceptors (Lipinski definition) is 3. The molecule has 20 heavy (non-hydrogen) atoms. The minimum atomic E-state index is -0.797. The van der Waals surface area contributed by atoms with E-state index in [1.54, 1.807) is 13.2 Å². The van der Waals surface area contributed by atoms with E-state index in [0.29, 0.717) is 32.0 Å². The molecule has 1 unspecified atom stereocenters. The van der Waals surface area contributed by atoms with Gasteiger partial charge in [0.15, 0.2) is 5.96 Å². The largest absolute Gasteiger partial charge is 0.383 e. The molecule has 6 heteroatoms. The lowest BCUT2D eigenvalue weighted by Crippen LogP contribution is -2.41. The summed E-state index contributed by atoms with van der Waals surface area (Å²) in [4.78, 5) is 16.6.